The summed E-state index contributed by atoms with van der Waals surface area (Å²) in [6.45, 7) is 13.6. The maximum atomic E-state index is 11.3. The van der Waals surface area contributed by atoms with Gasteiger partial charge in [-0.05, 0) is 92.2 Å². The smallest absolute Gasteiger partial charge is 0.303 e. The first kappa shape index (κ1) is 42.9. The number of allylic oxidation sites excluding steroid dienone is 7. The molecule has 0 fully saturated rings. The lowest BCUT2D eigenvalue weighted by Crippen LogP contribution is -2.37. The highest BCUT2D eigenvalue weighted by atomic mass is 16.5. The molecular formula is C51H69N4O3+3. The zero-order chi connectivity index (χ0) is 41.9. The third kappa shape index (κ3) is 9.93. The number of ether oxygens (including phenoxy) is 1. The van der Waals surface area contributed by atoms with Gasteiger partial charge in [-0.25, -0.2) is 0 Å². The van der Waals surface area contributed by atoms with E-state index >= 15 is 0 Å². The predicted octanol–water partition coefficient (Wildman–Crippen LogP) is 9.95. The molecule has 2 aliphatic heterocycles. The van der Waals surface area contributed by atoms with Crippen LogP contribution in [0.1, 0.15) is 82.9 Å². The zero-order valence-electron chi connectivity index (χ0n) is 37.1. The van der Waals surface area contributed by atoms with Gasteiger partial charge in [0.1, 0.15) is 11.5 Å². The summed E-state index contributed by atoms with van der Waals surface area (Å²) in [5, 5.41) is 9.25. The van der Waals surface area contributed by atoms with Gasteiger partial charge in [0, 0.05) is 53.9 Å². The molecule has 2 heterocycles. The number of quaternary nitrogens is 2. The van der Waals surface area contributed by atoms with E-state index < -0.39 is 5.97 Å². The molecule has 3 aliphatic rings. The summed E-state index contributed by atoms with van der Waals surface area (Å²) in [7, 11) is 13.6. The first-order valence-electron chi connectivity index (χ1n) is 21.4. The number of aryl methyl sites for hydroxylation is 1. The molecular weight excluding hydrogens is 717 g/mol. The number of nitrogens with zero attached hydrogens (tertiary/aromatic N) is 4. The molecule has 1 N–H and O–H groups in total. The fourth-order valence-corrected chi connectivity index (χ4v) is 8.97. The van der Waals surface area contributed by atoms with Crippen LogP contribution in [0.2, 0.25) is 0 Å². The fraction of sp³-hybridized carbons (Fsp3) is 0.451. The van der Waals surface area contributed by atoms with Crippen molar-refractivity contribution >= 4 is 23.1 Å². The van der Waals surface area contributed by atoms with Crippen molar-refractivity contribution < 1.29 is 28.2 Å². The maximum Gasteiger partial charge on any atom is 0.303 e. The van der Waals surface area contributed by atoms with Crippen molar-refractivity contribution in [2.24, 2.45) is 0 Å². The Kier molecular flexibility index (Phi) is 12.7. The molecule has 3 aromatic rings. The van der Waals surface area contributed by atoms with Crippen molar-refractivity contribution in [1.82, 2.24) is 0 Å². The quantitative estimate of drug-likeness (QED) is 0.116. The summed E-state index contributed by atoms with van der Waals surface area (Å²) in [5.41, 5.74) is 11.1. The number of hydrogen-bond donors (Lipinski definition) is 1. The van der Waals surface area contributed by atoms with Gasteiger partial charge < -0.3 is 23.7 Å². The summed E-state index contributed by atoms with van der Waals surface area (Å²) in [4.78, 5) is 13.8. The van der Waals surface area contributed by atoms with E-state index in [1.807, 2.05) is 24.3 Å². The number of benzene rings is 3. The number of aliphatic carboxylic acids is 1. The molecule has 0 saturated heterocycles. The van der Waals surface area contributed by atoms with Crippen molar-refractivity contribution in [3.63, 3.8) is 0 Å². The van der Waals surface area contributed by atoms with Crippen LogP contribution in [0.15, 0.2) is 120 Å². The topological polar surface area (TPSA) is 52.8 Å². The number of hydrogen-bond acceptors (Lipinski definition) is 3. The average molecular weight is 786 g/mol. The molecule has 7 heteroatoms. The highest BCUT2D eigenvalue weighted by Gasteiger charge is 2.44. The Labute approximate surface area is 349 Å². The molecule has 0 spiro atoms. The van der Waals surface area contributed by atoms with Gasteiger partial charge in [-0.2, -0.15) is 4.58 Å². The fourth-order valence-electron chi connectivity index (χ4n) is 8.97. The molecule has 0 bridgehead atoms. The molecule has 0 aromatic heterocycles. The number of fused-ring (bicyclic) bond motifs is 2. The summed E-state index contributed by atoms with van der Waals surface area (Å²) in [5.74, 6) is 0.902. The van der Waals surface area contributed by atoms with Gasteiger partial charge in [0.2, 0.25) is 5.69 Å². The van der Waals surface area contributed by atoms with Crippen LogP contribution in [-0.4, -0.2) is 98.8 Å². The molecule has 0 amide bonds. The predicted molar refractivity (Wildman–Crippen MR) is 240 cm³/mol. The number of carbonyl (C=O) groups is 1. The Morgan fingerprint density at radius 2 is 1.45 bits per heavy atom. The molecule has 3 aromatic carbocycles. The Balaban J connectivity index is 1.42. The Morgan fingerprint density at radius 1 is 0.793 bits per heavy atom. The van der Waals surface area contributed by atoms with E-state index in [0.717, 1.165) is 84.3 Å². The van der Waals surface area contributed by atoms with E-state index in [1.54, 1.807) is 0 Å². The zero-order valence-corrected chi connectivity index (χ0v) is 37.1. The van der Waals surface area contributed by atoms with Crippen LogP contribution in [-0.2, 0) is 22.0 Å². The second kappa shape index (κ2) is 17.2. The molecule has 0 radical (unpaired) electrons. The minimum absolute atomic E-state index is 0.111. The number of anilines is 1. The summed E-state index contributed by atoms with van der Waals surface area (Å²) >= 11 is 0. The van der Waals surface area contributed by atoms with E-state index in [-0.39, 0.29) is 17.3 Å². The van der Waals surface area contributed by atoms with Crippen LogP contribution in [0.4, 0.5) is 11.4 Å². The molecule has 1 aliphatic carbocycles. The van der Waals surface area contributed by atoms with Gasteiger partial charge >= 0.3 is 5.97 Å². The lowest BCUT2D eigenvalue weighted by molar-refractivity contribution is -0.871. The molecule has 0 saturated carbocycles. The second-order valence-corrected chi connectivity index (χ2v) is 19.6. The van der Waals surface area contributed by atoms with Crippen molar-refractivity contribution in [2.75, 3.05) is 73.4 Å². The van der Waals surface area contributed by atoms with Crippen LogP contribution >= 0.6 is 0 Å². The van der Waals surface area contributed by atoms with Gasteiger partial charge in [0.25, 0.3) is 0 Å². The number of para-hydroxylation sites is 2. The van der Waals surface area contributed by atoms with E-state index in [2.05, 4.69) is 152 Å². The molecule has 58 heavy (non-hydrogen) atoms. The van der Waals surface area contributed by atoms with Crippen molar-refractivity contribution in [3.05, 3.63) is 136 Å². The summed E-state index contributed by atoms with van der Waals surface area (Å²) in [6, 6.07) is 25.8. The largest absolute Gasteiger partial charge is 0.481 e. The lowest BCUT2D eigenvalue weighted by atomic mass is 9.81. The standard InChI is InChI=1S/C51H68N4O3/c1-50(2)42-20-11-13-22-44(42)52(34-16-36-54(5,6)7)46(50)31-27-39-18-15-19-40(49(39)58-41-29-24-38(25-30-41)26-33-48(56)57)28-32-47-51(3,4)43-21-12-14-23-45(43)53(47)35-17-37-55(8,9)10/h11-14,20-25,27-32H,15-19,26,33-37H2,1-10H3/q+2/p+1. The lowest BCUT2D eigenvalue weighted by Gasteiger charge is -2.29. The highest BCUT2D eigenvalue weighted by Crippen LogP contribution is 2.48. The van der Waals surface area contributed by atoms with E-state index in [0.29, 0.717) is 6.42 Å². The van der Waals surface area contributed by atoms with Crippen molar-refractivity contribution in [1.29, 1.82) is 0 Å². The Hall–Kier alpha value is -4.72. The molecule has 0 atom stereocenters. The second-order valence-electron chi connectivity index (χ2n) is 19.6. The normalized spacial score (nSPS) is 19.1. The minimum atomic E-state index is -0.785. The molecule has 6 rings (SSSR count). The average Bonchev–Trinajstić information content (AvgIpc) is 3.50. The third-order valence-corrected chi connectivity index (χ3v) is 12.2. The van der Waals surface area contributed by atoms with Crippen LogP contribution in [0.25, 0.3) is 0 Å². The van der Waals surface area contributed by atoms with Crippen molar-refractivity contribution in [3.8, 4) is 5.75 Å². The summed E-state index contributed by atoms with van der Waals surface area (Å²) in [6.07, 6.45) is 15.1. The van der Waals surface area contributed by atoms with Crippen LogP contribution < -0.4 is 9.64 Å². The van der Waals surface area contributed by atoms with E-state index in [4.69, 9.17) is 4.74 Å². The number of carboxylic acids is 1. The summed E-state index contributed by atoms with van der Waals surface area (Å²) < 4.78 is 11.4. The van der Waals surface area contributed by atoms with Gasteiger partial charge in [0.15, 0.2) is 12.3 Å². The number of carboxylic acid groups (broad SMARTS) is 1. The number of rotatable bonds is 16. The third-order valence-electron chi connectivity index (χ3n) is 12.2. The molecule has 308 valence electrons. The van der Waals surface area contributed by atoms with Crippen LogP contribution in [0.3, 0.4) is 0 Å². The Morgan fingerprint density at radius 3 is 2.14 bits per heavy atom. The van der Waals surface area contributed by atoms with Gasteiger partial charge in [-0.1, -0.05) is 68.5 Å². The van der Waals surface area contributed by atoms with Crippen LogP contribution in [0, 0.1) is 0 Å². The van der Waals surface area contributed by atoms with E-state index in [9.17, 15) is 9.90 Å². The highest BCUT2D eigenvalue weighted by molar-refractivity contribution is 6.03. The Bertz CT molecular complexity index is 2130. The minimum Gasteiger partial charge on any atom is -0.481 e. The monoisotopic (exact) mass is 786 g/mol. The molecule has 7 nitrogen and oxygen atoms in total. The first-order valence-corrected chi connectivity index (χ1v) is 21.4. The van der Waals surface area contributed by atoms with Gasteiger partial charge in [-0.3, -0.25) is 4.79 Å². The SMILES string of the molecule is CC1(C)C(=CC=C2CCCC(C=CC3=[N+](CCC[N+](C)(C)C)c4ccccc4C3(C)C)=C2Oc2ccc(CCC(=O)O)cc2)N(CCC[N+](C)(C)C)c2ccccc21. The van der Waals surface area contributed by atoms with E-state index in [1.165, 1.54) is 45.1 Å². The molecule has 0 unspecified atom stereocenters. The van der Waals surface area contributed by atoms with Gasteiger partial charge in [-0.15, -0.1) is 0 Å². The van der Waals surface area contributed by atoms with Crippen LogP contribution in [0.5, 0.6) is 5.75 Å². The maximum absolute atomic E-state index is 11.3. The first-order chi connectivity index (χ1) is 27.3. The van der Waals surface area contributed by atoms with Crippen molar-refractivity contribution in [2.45, 2.75) is 83.5 Å². The van der Waals surface area contributed by atoms with Gasteiger partial charge in [0.05, 0.1) is 67.2 Å².